The van der Waals surface area contributed by atoms with Gasteiger partial charge in [-0.2, -0.15) is 15.0 Å². The summed E-state index contributed by atoms with van der Waals surface area (Å²) in [5.74, 6) is 3.72. The zero-order valence-electron chi connectivity index (χ0n) is 19.8. The van der Waals surface area contributed by atoms with E-state index in [4.69, 9.17) is 24.4 Å². The average Bonchev–Trinajstić information content (AvgIpc) is 3.44. The molecule has 0 atom stereocenters. The van der Waals surface area contributed by atoms with Crippen LogP contribution < -0.4 is 29.5 Å². The molecule has 0 aliphatic carbocycles. The summed E-state index contributed by atoms with van der Waals surface area (Å²) in [5.41, 5.74) is 2.12. The minimum absolute atomic E-state index is 0.564. The van der Waals surface area contributed by atoms with Crippen LogP contribution in [0.25, 0.3) is 0 Å². The third-order valence-electron chi connectivity index (χ3n) is 6.35. The second-order valence-electron chi connectivity index (χ2n) is 8.48. The summed E-state index contributed by atoms with van der Waals surface area (Å²) in [6.45, 7) is 5.46. The lowest BCUT2D eigenvalue weighted by Crippen LogP contribution is -2.47. The SMILES string of the molecule is COc1ccc(Nc2nc(N3CCCC3)nc(N3CCN(c4ccc(OC)cc4)CC3)n2)cc1. The van der Waals surface area contributed by atoms with Crippen LogP contribution in [0.15, 0.2) is 48.5 Å². The van der Waals surface area contributed by atoms with E-state index < -0.39 is 0 Å². The quantitative estimate of drug-likeness (QED) is 0.568. The fourth-order valence-corrected chi connectivity index (χ4v) is 4.37. The summed E-state index contributed by atoms with van der Waals surface area (Å²) in [6, 6.07) is 16.0. The Morgan fingerprint density at radius 1 is 0.618 bits per heavy atom. The van der Waals surface area contributed by atoms with Gasteiger partial charge in [0.25, 0.3) is 0 Å². The predicted octanol–water partition coefficient (Wildman–Crippen LogP) is 3.56. The van der Waals surface area contributed by atoms with Crippen LogP contribution in [0.3, 0.4) is 0 Å². The van der Waals surface area contributed by atoms with Crippen molar-refractivity contribution in [1.29, 1.82) is 0 Å². The van der Waals surface area contributed by atoms with Crippen LogP contribution >= 0.6 is 0 Å². The van der Waals surface area contributed by atoms with E-state index >= 15 is 0 Å². The zero-order valence-corrected chi connectivity index (χ0v) is 19.8. The maximum atomic E-state index is 5.28. The highest BCUT2D eigenvalue weighted by Gasteiger charge is 2.23. The molecule has 9 heteroatoms. The number of hydrogen-bond donors (Lipinski definition) is 1. The monoisotopic (exact) mass is 461 g/mol. The van der Waals surface area contributed by atoms with Crippen molar-refractivity contribution in [3.63, 3.8) is 0 Å². The lowest BCUT2D eigenvalue weighted by molar-refractivity contribution is 0.414. The Morgan fingerprint density at radius 3 is 1.68 bits per heavy atom. The molecule has 1 N–H and O–H groups in total. The van der Waals surface area contributed by atoms with Crippen LogP contribution in [0.1, 0.15) is 12.8 Å². The number of benzene rings is 2. The van der Waals surface area contributed by atoms with Crippen LogP contribution in [0, 0.1) is 0 Å². The standard InChI is InChI=1S/C25H31N7O2/c1-33-21-9-5-19(6-10-21)26-23-27-24(31-13-3-4-14-31)29-25(28-23)32-17-15-30(16-18-32)20-7-11-22(34-2)12-8-20/h5-12H,3-4,13-18H2,1-2H3,(H,26,27,28,29). The zero-order chi connectivity index (χ0) is 23.3. The molecule has 2 fully saturated rings. The largest absolute Gasteiger partial charge is 0.497 e. The number of nitrogens with one attached hydrogen (secondary N) is 1. The Bertz CT molecular complexity index is 1080. The predicted molar refractivity (Wildman–Crippen MR) is 135 cm³/mol. The highest BCUT2D eigenvalue weighted by atomic mass is 16.5. The van der Waals surface area contributed by atoms with Crippen LogP contribution in [0.4, 0.5) is 29.2 Å². The lowest BCUT2D eigenvalue weighted by atomic mass is 10.2. The molecule has 3 aromatic rings. The van der Waals surface area contributed by atoms with Crippen molar-refractivity contribution >= 4 is 29.2 Å². The fourth-order valence-electron chi connectivity index (χ4n) is 4.37. The number of nitrogens with zero attached hydrogens (tertiary/aromatic N) is 6. The number of methoxy groups -OCH3 is 2. The summed E-state index contributed by atoms with van der Waals surface area (Å²) in [5, 5.41) is 3.35. The van der Waals surface area contributed by atoms with Crippen molar-refractivity contribution in [2.75, 3.05) is 73.5 Å². The van der Waals surface area contributed by atoms with Gasteiger partial charge < -0.3 is 29.5 Å². The highest BCUT2D eigenvalue weighted by Crippen LogP contribution is 2.25. The van der Waals surface area contributed by atoms with Gasteiger partial charge in [0.05, 0.1) is 14.2 Å². The van der Waals surface area contributed by atoms with Gasteiger partial charge in [-0.3, -0.25) is 0 Å². The number of aromatic nitrogens is 3. The molecular weight excluding hydrogens is 430 g/mol. The van der Waals surface area contributed by atoms with Gasteiger partial charge in [-0.05, 0) is 61.4 Å². The summed E-state index contributed by atoms with van der Waals surface area (Å²) in [6.07, 6.45) is 2.34. The minimum atomic E-state index is 0.564. The first kappa shape index (κ1) is 22.1. The first-order valence-electron chi connectivity index (χ1n) is 11.8. The number of ether oxygens (including phenoxy) is 2. The van der Waals surface area contributed by atoms with Gasteiger partial charge in [-0.25, -0.2) is 0 Å². The number of anilines is 5. The molecule has 2 aliphatic heterocycles. The van der Waals surface area contributed by atoms with E-state index in [0.29, 0.717) is 5.95 Å². The Hall–Kier alpha value is -3.75. The normalized spacial score (nSPS) is 16.0. The molecule has 9 nitrogen and oxygen atoms in total. The van der Waals surface area contributed by atoms with Crippen LogP contribution in [-0.2, 0) is 0 Å². The molecule has 1 aromatic heterocycles. The van der Waals surface area contributed by atoms with Gasteiger partial charge in [0.2, 0.25) is 17.8 Å². The fraction of sp³-hybridized carbons (Fsp3) is 0.400. The average molecular weight is 462 g/mol. The Labute approximate surface area is 200 Å². The summed E-state index contributed by atoms with van der Waals surface area (Å²) in [7, 11) is 3.36. The number of piperazine rings is 1. The van der Waals surface area contributed by atoms with E-state index in [9.17, 15) is 0 Å². The lowest BCUT2D eigenvalue weighted by Gasteiger charge is -2.36. The smallest absolute Gasteiger partial charge is 0.233 e. The summed E-state index contributed by atoms with van der Waals surface area (Å²) in [4.78, 5) is 21.3. The maximum Gasteiger partial charge on any atom is 0.233 e. The van der Waals surface area contributed by atoms with Crippen molar-refractivity contribution < 1.29 is 9.47 Å². The van der Waals surface area contributed by atoms with Gasteiger partial charge in [0.1, 0.15) is 11.5 Å². The van der Waals surface area contributed by atoms with Gasteiger partial charge in [0, 0.05) is 50.6 Å². The van der Waals surface area contributed by atoms with Crippen LogP contribution in [0.2, 0.25) is 0 Å². The highest BCUT2D eigenvalue weighted by molar-refractivity contribution is 5.58. The Morgan fingerprint density at radius 2 is 1.12 bits per heavy atom. The molecule has 34 heavy (non-hydrogen) atoms. The molecule has 0 unspecified atom stereocenters. The van der Waals surface area contributed by atoms with Crippen LogP contribution in [0.5, 0.6) is 11.5 Å². The van der Waals surface area contributed by atoms with Crippen molar-refractivity contribution in [3.8, 4) is 11.5 Å². The first-order chi connectivity index (χ1) is 16.7. The summed E-state index contributed by atoms with van der Waals surface area (Å²) < 4.78 is 10.5. The molecule has 2 saturated heterocycles. The van der Waals surface area contributed by atoms with Gasteiger partial charge in [-0.1, -0.05) is 0 Å². The second-order valence-corrected chi connectivity index (χ2v) is 8.48. The second kappa shape index (κ2) is 10.0. The van der Waals surface area contributed by atoms with E-state index in [1.807, 2.05) is 36.4 Å². The number of rotatable bonds is 7. The number of hydrogen-bond acceptors (Lipinski definition) is 9. The van der Waals surface area contributed by atoms with E-state index in [1.54, 1.807) is 14.2 Å². The Kier molecular flexibility index (Phi) is 6.51. The van der Waals surface area contributed by atoms with Crippen molar-refractivity contribution in [3.05, 3.63) is 48.5 Å². The molecule has 0 saturated carbocycles. The maximum absolute atomic E-state index is 5.28. The van der Waals surface area contributed by atoms with E-state index in [0.717, 1.165) is 68.4 Å². The molecule has 0 radical (unpaired) electrons. The molecule has 0 spiro atoms. The third kappa shape index (κ3) is 4.93. The van der Waals surface area contributed by atoms with Crippen LogP contribution in [-0.4, -0.2) is 68.4 Å². The molecule has 0 amide bonds. The molecule has 178 valence electrons. The van der Waals surface area contributed by atoms with E-state index in [1.165, 1.54) is 18.5 Å². The molecular formula is C25H31N7O2. The molecule has 2 aliphatic rings. The molecule has 5 rings (SSSR count). The molecule has 2 aromatic carbocycles. The van der Waals surface area contributed by atoms with Gasteiger partial charge >= 0.3 is 0 Å². The van der Waals surface area contributed by atoms with Crippen molar-refractivity contribution in [2.24, 2.45) is 0 Å². The van der Waals surface area contributed by atoms with E-state index in [-0.39, 0.29) is 0 Å². The third-order valence-corrected chi connectivity index (χ3v) is 6.35. The minimum Gasteiger partial charge on any atom is -0.497 e. The van der Waals surface area contributed by atoms with E-state index in [2.05, 4.69) is 32.1 Å². The first-order valence-corrected chi connectivity index (χ1v) is 11.8. The molecule has 0 bridgehead atoms. The van der Waals surface area contributed by atoms with Gasteiger partial charge in [0.15, 0.2) is 0 Å². The van der Waals surface area contributed by atoms with Crippen molar-refractivity contribution in [2.45, 2.75) is 12.8 Å². The Balaban J connectivity index is 1.33. The van der Waals surface area contributed by atoms with Gasteiger partial charge in [-0.15, -0.1) is 0 Å². The molecule has 3 heterocycles. The van der Waals surface area contributed by atoms with Crippen molar-refractivity contribution in [1.82, 2.24) is 15.0 Å². The summed E-state index contributed by atoms with van der Waals surface area (Å²) >= 11 is 0. The topological polar surface area (TPSA) is 78.9 Å².